The molecule has 0 spiro atoms. The maximum absolute atomic E-state index is 9.58. The number of phenolic OH excluding ortho intramolecular Hbond substituents is 4. The summed E-state index contributed by atoms with van der Waals surface area (Å²) in [6.07, 6.45) is 1.28. The van der Waals surface area contributed by atoms with E-state index in [1.807, 2.05) is 18.2 Å². The molecule has 4 heteroatoms. The van der Waals surface area contributed by atoms with Crippen LogP contribution in [0.1, 0.15) is 22.3 Å². The predicted octanol–water partition coefficient (Wildman–Crippen LogP) is 3.69. The Bertz CT molecular complexity index is 803. The highest BCUT2D eigenvalue weighted by atomic mass is 16.3. The van der Waals surface area contributed by atoms with Crippen LogP contribution in [-0.4, -0.2) is 20.4 Å². The van der Waals surface area contributed by atoms with Gasteiger partial charge in [-0.2, -0.15) is 0 Å². The Balaban J connectivity index is 1.78. The number of hydrogen-bond acceptors (Lipinski definition) is 4. The molecule has 0 saturated carbocycles. The molecular formula is C20H18O4. The third kappa shape index (κ3) is 3.60. The summed E-state index contributed by atoms with van der Waals surface area (Å²) in [5.41, 5.74) is 3.98. The van der Waals surface area contributed by atoms with Crippen molar-refractivity contribution >= 4 is 0 Å². The monoisotopic (exact) mass is 322 g/mol. The smallest absolute Gasteiger partial charge is 0.157 e. The highest BCUT2D eigenvalue weighted by Crippen LogP contribution is 2.27. The van der Waals surface area contributed by atoms with Crippen LogP contribution >= 0.6 is 0 Å². The molecule has 0 atom stereocenters. The molecule has 0 fully saturated rings. The fourth-order valence-corrected chi connectivity index (χ4v) is 2.68. The third-order valence-electron chi connectivity index (χ3n) is 3.89. The molecule has 0 heterocycles. The molecule has 0 aliphatic heterocycles. The van der Waals surface area contributed by atoms with Gasteiger partial charge in [0.2, 0.25) is 0 Å². The molecule has 0 aliphatic rings. The van der Waals surface area contributed by atoms with E-state index in [1.54, 1.807) is 24.3 Å². The number of phenols is 4. The van der Waals surface area contributed by atoms with Gasteiger partial charge in [-0.3, -0.25) is 0 Å². The average molecular weight is 322 g/mol. The number of hydrogen-bond donors (Lipinski definition) is 4. The van der Waals surface area contributed by atoms with Crippen molar-refractivity contribution in [3.63, 3.8) is 0 Å². The van der Waals surface area contributed by atoms with Crippen LogP contribution in [0.3, 0.4) is 0 Å². The lowest BCUT2D eigenvalue weighted by molar-refractivity contribution is 0.403. The number of aromatic hydroxyl groups is 4. The van der Waals surface area contributed by atoms with E-state index in [9.17, 15) is 20.4 Å². The molecule has 0 aliphatic carbocycles. The van der Waals surface area contributed by atoms with Crippen LogP contribution in [0.15, 0.2) is 60.7 Å². The fourth-order valence-electron chi connectivity index (χ4n) is 2.68. The molecule has 3 rings (SSSR count). The summed E-state index contributed by atoms with van der Waals surface area (Å²) in [7, 11) is 0. The quantitative estimate of drug-likeness (QED) is 0.552. The van der Waals surface area contributed by atoms with Crippen LogP contribution in [0.25, 0.3) is 0 Å². The average Bonchev–Trinajstić information content (AvgIpc) is 2.55. The molecule has 4 N–H and O–H groups in total. The van der Waals surface area contributed by atoms with E-state index < -0.39 is 0 Å². The largest absolute Gasteiger partial charge is 0.504 e. The highest BCUT2D eigenvalue weighted by Gasteiger charge is 2.05. The van der Waals surface area contributed by atoms with Crippen molar-refractivity contribution in [2.24, 2.45) is 0 Å². The minimum Gasteiger partial charge on any atom is -0.504 e. The second-order valence-corrected chi connectivity index (χ2v) is 5.82. The molecular weight excluding hydrogens is 304 g/mol. The lowest BCUT2D eigenvalue weighted by atomic mass is 9.99. The van der Waals surface area contributed by atoms with Crippen molar-refractivity contribution < 1.29 is 20.4 Å². The van der Waals surface area contributed by atoms with E-state index in [2.05, 4.69) is 6.07 Å². The second-order valence-electron chi connectivity index (χ2n) is 5.82. The summed E-state index contributed by atoms with van der Waals surface area (Å²) < 4.78 is 0. The summed E-state index contributed by atoms with van der Waals surface area (Å²) in [6.45, 7) is 0. The molecule has 4 nitrogen and oxygen atoms in total. The van der Waals surface area contributed by atoms with Crippen molar-refractivity contribution in [3.8, 4) is 23.0 Å². The number of benzene rings is 3. The first-order valence-corrected chi connectivity index (χ1v) is 7.61. The summed E-state index contributed by atoms with van der Waals surface area (Å²) >= 11 is 0. The molecule has 0 radical (unpaired) electrons. The molecule has 24 heavy (non-hydrogen) atoms. The lowest BCUT2D eigenvalue weighted by Gasteiger charge is -2.08. The molecule has 0 amide bonds. The Kier molecular flexibility index (Phi) is 4.29. The zero-order valence-corrected chi connectivity index (χ0v) is 13.0. The van der Waals surface area contributed by atoms with Gasteiger partial charge in [-0.25, -0.2) is 0 Å². The molecule has 0 bridgehead atoms. The first-order valence-electron chi connectivity index (χ1n) is 7.61. The van der Waals surface area contributed by atoms with Gasteiger partial charge in [0.05, 0.1) is 0 Å². The SMILES string of the molecule is Oc1ccc(Cc2cccc(Cc3ccc(O)c(O)c3)c2)cc1O. The van der Waals surface area contributed by atoms with E-state index in [0.29, 0.717) is 12.8 Å². The van der Waals surface area contributed by atoms with Gasteiger partial charge in [-0.1, -0.05) is 36.4 Å². The van der Waals surface area contributed by atoms with Gasteiger partial charge in [-0.15, -0.1) is 0 Å². The van der Waals surface area contributed by atoms with Gasteiger partial charge >= 0.3 is 0 Å². The standard InChI is InChI=1S/C20H18O4/c21-17-6-4-15(11-19(17)23)9-13-2-1-3-14(8-13)10-16-5-7-18(22)20(24)12-16/h1-8,11-12,21-24H,9-10H2. The molecule has 0 aromatic heterocycles. The summed E-state index contributed by atoms with van der Waals surface area (Å²) in [5, 5.41) is 37.9. The van der Waals surface area contributed by atoms with Crippen LogP contribution < -0.4 is 0 Å². The van der Waals surface area contributed by atoms with Crippen LogP contribution in [0.2, 0.25) is 0 Å². The normalized spacial score (nSPS) is 10.7. The first-order chi connectivity index (χ1) is 11.5. The Morgan fingerprint density at radius 1 is 0.458 bits per heavy atom. The first kappa shape index (κ1) is 15.7. The summed E-state index contributed by atoms with van der Waals surface area (Å²) in [5.74, 6) is -0.495. The molecule has 122 valence electrons. The zero-order chi connectivity index (χ0) is 17.1. The molecule has 3 aromatic carbocycles. The van der Waals surface area contributed by atoms with Crippen LogP contribution in [0.5, 0.6) is 23.0 Å². The Morgan fingerprint density at radius 2 is 0.875 bits per heavy atom. The minimum atomic E-state index is -0.125. The van der Waals surface area contributed by atoms with Crippen molar-refractivity contribution in [1.29, 1.82) is 0 Å². The van der Waals surface area contributed by atoms with E-state index in [0.717, 1.165) is 22.3 Å². The van der Waals surface area contributed by atoms with E-state index in [4.69, 9.17) is 0 Å². The van der Waals surface area contributed by atoms with Crippen LogP contribution in [-0.2, 0) is 12.8 Å². The van der Waals surface area contributed by atoms with Gasteiger partial charge in [0.1, 0.15) is 0 Å². The highest BCUT2D eigenvalue weighted by molar-refractivity contribution is 5.44. The Labute approximate surface area is 139 Å². The van der Waals surface area contributed by atoms with Gasteiger partial charge < -0.3 is 20.4 Å². The van der Waals surface area contributed by atoms with Crippen molar-refractivity contribution in [2.45, 2.75) is 12.8 Å². The van der Waals surface area contributed by atoms with Gasteiger partial charge in [-0.05, 0) is 59.4 Å². The van der Waals surface area contributed by atoms with E-state index >= 15 is 0 Å². The zero-order valence-electron chi connectivity index (χ0n) is 13.0. The third-order valence-corrected chi connectivity index (χ3v) is 3.89. The van der Waals surface area contributed by atoms with Gasteiger partial charge in [0, 0.05) is 0 Å². The van der Waals surface area contributed by atoms with Gasteiger partial charge in [0.15, 0.2) is 23.0 Å². The Hall–Kier alpha value is -3.14. The second kappa shape index (κ2) is 6.54. The van der Waals surface area contributed by atoms with Crippen LogP contribution in [0, 0.1) is 0 Å². The molecule has 0 unspecified atom stereocenters. The van der Waals surface area contributed by atoms with E-state index in [1.165, 1.54) is 12.1 Å². The van der Waals surface area contributed by atoms with Crippen molar-refractivity contribution in [1.82, 2.24) is 0 Å². The lowest BCUT2D eigenvalue weighted by Crippen LogP contribution is -1.92. The molecule has 3 aromatic rings. The molecule has 0 saturated heterocycles. The van der Waals surface area contributed by atoms with Crippen molar-refractivity contribution in [3.05, 3.63) is 82.9 Å². The topological polar surface area (TPSA) is 80.9 Å². The summed E-state index contributed by atoms with van der Waals surface area (Å²) in [4.78, 5) is 0. The predicted molar refractivity (Wildman–Crippen MR) is 91.6 cm³/mol. The Morgan fingerprint density at radius 3 is 1.29 bits per heavy atom. The minimum absolute atomic E-state index is 0.122. The van der Waals surface area contributed by atoms with E-state index in [-0.39, 0.29) is 23.0 Å². The van der Waals surface area contributed by atoms with Gasteiger partial charge in [0.25, 0.3) is 0 Å². The summed E-state index contributed by atoms with van der Waals surface area (Å²) in [6, 6.07) is 17.7. The fraction of sp³-hybridized carbons (Fsp3) is 0.100. The maximum Gasteiger partial charge on any atom is 0.157 e. The van der Waals surface area contributed by atoms with Crippen molar-refractivity contribution in [2.75, 3.05) is 0 Å². The maximum atomic E-state index is 9.58. The number of rotatable bonds is 4. The van der Waals surface area contributed by atoms with Crippen LogP contribution in [0.4, 0.5) is 0 Å².